The van der Waals surface area contributed by atoms with E-state index in [0.717, 1.165) is 11.1 Å². The minimum Gasteiger partial charge on any atom is -0.295 e. The predicted octanol–water partition coefficient (Wildman–Crippen LogP) is 4.48. The van der Waals surface area contributed by atoms with Crippen LogP contribution in [-0.2, 0) is 9.59 Å². The number of hydrogen-bond donors (Lipinski definition) is 0. The topological polar surface area (TPSA) is 133 Å². The Bertz CT molecular complexity index is 990. The first-order chi connectivity index (χ1) is 14.0. The van der Waals surface area contributed by atoms with Gasteiger partial charge in [-0.15, -0.1) is 0 Å². The molecular weight excluding hydrogens is 414 g/mol. The Morgan fingerprint density at radius 2 is 1.60 bits per heavy atom. The molecule has 0 unspecified atom stereocenters. The van der Waals surface area contributed by atoms with Crippen LogP contribution in [-0.4, -0.2) is 26.4 Å². The third kappa shape index (κ3) is 8.27. The zero-order chi connectivity index (χ0) is 22.8. The maximum absolute atomic E-state index is 10.8. The predicted molar refractivity (Wildman–Crippen MR) is 112 cm³/mol. The summed E-state index contributed by atoms with van der Waals surface area (Å²) in [6, 6.07) is 1.38. The molecule has 1 aromatic heterocycles. The Kier molecular flexibility index (Phi) is 9.44. The molecule has 0 amide bonds. The second kappa shape index (κ2) is 11.5. The number of aryl methyl sites for hydroxylation is 1. The highest BCUT2D eigenvalue weighted by atomic mass is 35.5. The van der Waals surface area contributed by atoms with E-state index >= 15 is 0 Å². The van der Waals surface area contributed by atoms with Gasteiger partial charge in [0.1, 0.15) is 0 Å². The molecule has 3 rings (SSSR count). The maximum Gasteiger partial charge on any atom is 0.312 e. The number of halogens is 1. The molecule has 2 aliphatic carbocycles. The van der Waals surface area contributed by atoms with E-state index < -0.39 is 15.6 Å². The summed E-state index contributed by atoms with van der Waals surface area (Å²) in [4.78, 5) is 44.2. The number of hydrogen-bond acceptors (Lipinski definition) is 7. The highest BCUT2D eigenvalue weighted by Crippen LogP contribution is 2.21. The molecule has 0 radical (unpaired) electrons. The summed E-state index contributed by atoms with van der Waals surface area (Å²) in [5.41, 5.74) is 2.23. The quantitative estimate of drug-likeness (QED) is 0.381. The number of nitrogens with zero attached hydrogens (tertiary/aromatic N) is 3. The van der Waals surface area contributed by atoms with Crippen LogP contribution in [0.25, 0.3) is 0 Å². The molecule has 0 N–H and O–H groups in total. The van der Waals surface area contributed by atoms with Crippen molar-refractivity contribution in [1.82, 2.24) is 4.98 Å². The van der Waals surface area contributed by atoms with Gasteiger partial charge < -0.3 is 0 Å². The van der Waals surface area contributed by atoms with Crippen LogP contribution >= 0.6 is 11.6 Å². The molecule has 0 aromatic carbocycles. The Balaban J connectivity index is 0.000000228. The summed E-state index contributed by atoms with van der Waals surface area (Å²) < 4.78 is 0. The summed E-state index contributed by atoms with van der Waals surface area (Å²) in [6.07, 6.45) is 10.6. The van der Waals surface area contributed by atoms with Crippen molar-refractivity contribution in [3.8, 4) is 0 Å². The highest BCUT2D eigenvalue weighted by molar-refractivity contribution is 6.31. The Morgan fingerprint density at radius 3 is 2.03 bits per heavy atom. The first-order valence-electron chi connectivity index (χ1n) is 8.71. The average Bonchev–Trinajstić information content (AvgIpc) is 2.68. The van der Waals surface area contributed by atoms with Crippen molar-refractivity contribution in [2.24, 2.45) is 0 Å². The smallest absolute Gasteiger partial charge is 0.295 e. The van der Waals surface area contributed by atoms with Gasteiger partial charge in [-0.2, -0.15) is 0 Å². The molecule has 9 nitrogen and oxygen atoms in total. The molecule has 1 aromatic rings. The van der Waals surface area contributed by atoms with Gasteiger partial charge in [0.2, 0.25) is 10.9 Å². The van der Waals surface area contributed by atoms with Crippen molar-refractivity contribution in [1.29, 1.82) is 0 Å². The number of Topliss-reactive ketones (excluding diaryl/α,β-unsaturated/α-hetero) is 1. The van der Waals surface area contributed by atoms with Crippen LogP contribution < -0.4 is 0 Å². The standard InChI is InChI=1S/C7H7NO3.C7H8O.C6H5ClN2O2/c1-5-2-3-7(9)6(4-5)8(10)11;1-6-2-4-7(8)5-3-6;1-4-2-5(9(10)11)6(7)8-3-4/h2,4H,3H2,1H3;2-4H,5H2,1H3;2-3H,1H3. The number of aromatic nitrogens is 1. The number of carbonyl (C=O) groups is 2. The van der Waals surface area contributed by atoms with Crippen LogP contribution in [0.4, 0.5) is 5.69 Å². The van der Waals surface area contributed by atoms with Gasteiger partial charge in [-0.1, -0.05) is 35.4 Å². The van der Waals surface area contributed by atoms with Crippen molar-refractivity contribution in [2.75, 3.05) is 0 Å². The molecular formula is C20H20ClN3O6. The zero-order valence-corrected chi connectivity index (χ0v) is 17.4. The second-order valence-electron chi connectivity index (χ2n) is 6.39. The van der Waals surface area contributed by atoms with E-state index in [4.69, 9.17) is 11.6 Å². The highest BCUT2D eigenvalue weighted by Gasteiger charge is 2.22. The van der Waals surface area contributed by atoms with E-state index in [1.807, 2.05) is 19.1 Å². The number of nitro groups is 2. The van der Waals surface area contributed by atoms with Crippen molar-refractivity contribution >= 4 is 28.9 Å². The summed E-state index contributed by atoms with van der Waals surface area (Å²) in [7, 11) is 0. The minimum absolute atomic E-state index is 0.0689. The lowest BCUT2D eigenvalue weighted by Gasteiger charge is -2.01. The fraction of sp³-hybridized carbons (Fsp3) is 0.250. The molecule has 0 bridgehead atoms. The maximum atomic E-state index is 10.8. The number of ketones is 2. The largest absolute Gasteiger partial charge is 0.312 e. The van der Waals surface area contributed by atoms with Gasteiger partial charge in [-0.3, -0.25) is 29.8 Å². The van der Waals surface area contributed by atoms with Crippen LogP contribution in [0.1, 0.15) is 32.3 Å². The number of carbonyl (C=O) groups excluding carboxylic acids is 2. The Hall–Kier alpha value is -3.46. The molecule has 2 aliphatic rings. The van der Waals surface area contributed by atoms with Gasteiger partial charge >= 0.3 is 11.4 Å². The Morgan fingerprint density at radius 1 is 0.967 bits per heavy atom. The minimum atomic E-state index is -0.640. The molecule has 0 fully saturated rings. The fourth-order valence-corrected chi connectivity index (χ4v) is 2.33. The normalized spacial score (nSPS) is 14.9. The van der Waals surface area contributed by atoms with Gasteiger partial charge in [0.15, 0.2) is 5.78 Å². The van der Waals surface area contributed by atoms with Gasteiger partial charge in [0, 0.05) is 31.2 Å². The molecule has 158 valence electrons. The van der Waals surface area contributed by atoms with Crippen LogP contribution in [0.5, 0.6) is 0 Å². The van der Waals surface area contributed by atoms with Gasteiger partial charge in [-0.25, -0.2) is 4.98 Å². The molecule has 0 spiro atoms. The number of pyridine rings is 1. The van der Waals surface area contributed by atoms with Crippen LogP contribution in [0.2, 0.25) is 5.15 Å². The van der Waals surface area contributed by atoms with Crippen molar-refractivity contribution < 1.29 is 19.4 Å². The van der Waals surface area contributed by atoms with Crippen LogP contribution in [0.3, 0.4) is 0 Å². The van der Waals surface area contributed by atoms with Crippen LogP contribution in [0.15, 0.2) is 59.5 Å². The van der Waals surface area contributed by atoms with E-state index in [2.05, 4.69) is 4.98 Å². The monoisotopic (exact) mass is 433 g/mol. The van der Waals surface area contributed by atoms with E-state index in [1.165, 1.54) is 23.9 Å². The first kappa shape index (κ1) is 24.6. The zero-order valence-electron chi connectivity index (χ0n) is 16.6. The van der Waals surface area contributed by atoms with Crippen LogP contribution in [0, 0.1) is 27.2 Å². The SMILES string of the molecule is CC1=CCC(=O)C([N+](=O)[O-])=C1.CC1=CCC(=O)C=C1.Cc1cnc(Cl)c([N+](=O)[O-])c1. The third-order valence-electron chi connectivity index (χ3n) is 3.77. The second-order valence-corrected chi connectivity index (χ2v) is 6.75. The molecule has 30 heavy (non-hydrogen) atoms. The molecule has 0 saturated carbocycles. The lowest BCUT2D eigenvalue weighted by molar-refractivity contribution is -0.418. The fourth-order valence-electron chi connectivity index (χ4n) is 2.16. The lowest BCUT2D eigenvalue weighted by Crippen LogP contribution is -2.13. The Labute approximate surface area is 177 Å². The summed E-state index contributed by atoms with van der Waals surface area (Å²) in [6.45, 7) is 5.44. The van der Waals surface area contributed by atoms with Crippen molar-refractivity contribution in [2.45, 2.75) is 33.6 Å². The van der Waals surface area contributed by atoms with Gasteiger partial charge in [0.25, 0.3) is 0 Å². The molecule has 0 atom stereocenters. The van der Waals surface area contributed by atoms with E-state index in [0.29, 0.717) is 6.42 Å². The van der Waals surface area contributed by atoms with Gasteiger partial charge in [0.05, 0.1) is 9.85 Å². The van der Waals surface area contributed by atoms with Crippen molar-refractivity contribution in [3.05, 3.63) is 90.4 Å². The third-order valence-corrected chi connectivity index (χ3v) is 4.06. The van der Waals surface area contributed by atoms with Crippen molar-refractivity contribution in [3.63, 3.8) is 0 Å². The molecule has 0 aliphatic heterocycles. The van der Waals surface area contributed by atoms with E-state index in [1.54, 1.807) is 26.0 Å². The summed E-state index contributed by atoms with van der Waals surface area (Å²) >= 11 is 5.44. The van der Waals surface area contributed by atoms with E-state index in [-0.39, 0.29) is 28.7 Å². The molecule has 10 heteroatoms. The van der Waals surface area contributed by atoms with Gasteiger partial charge in [-0.05, 0) is 38.0 Å². The average molecular weight is 434 g/mol. The molecule has 1 heterocycles. The summed E-state index contributed by atoms with van der Waals surface area (Å²) in [5, 5.41) is 20.4. The number of allylic oxidation sites excluding steroid dienone is 8. The van der Waals surface area contributed by atoms with E-state index in [9.17, 15) is 29.8 Å². The molecule has 0 saturated heterocycles. The lowest BCUT2D eigenvalue weighted by atomic mass is 10.1. The summed E-state index contributed by atoms with van der Waals surface area (Å²) in [5.74, 6) is -0.212. The number of rotatable bonds is 2. The first-order valence-corrected chi connectivity index (χ1v) is 9.09.